The minimum absolute atomic E-state index is 0.765. The van der Waals surface area contributed by atoms with Gasteiger partial charge in [0.15, 0.2) is 0 Å². The number of benzene rings is 4. The molecule has 34 heavy (non-hydrogen) atoms. The van der Waals surface area contributed by atoms with Crippen LogP contribution >= 0.6 is 0 Å². The van der Waals surface area contributed by atoms with Gasteiger partial charge in [-0.15, -0.1) is 13.2 Å². The van der Waals surface area contributed by atoms with E-state index in [1.165, 1.54) is 44.5 Å². The zero-order valence-corrected chi connectivity index (χ0v) is 19.5. The lowest BCUT2D eigenvalue weighted by Gasteiger charge is -2.23. The van der Waals surface area contributed by atoms with E-state index in [-0.39, 0.29) is 0 Å². The highest BCUT2D eigenvalue weighted by Gasteiger charge is 2.21. The second-order valence-electron chi connectivity index (χ2n) is 8.16. The van der Waals surface area contributed by atoms with E-state index in [2.05, 4.69) is 134 Å². The molecule has 0 unspecified atom stereocenters. The highest BCUT2D eigenvalue weighted by molar-refractivity contribution is 6.21. The minimum atomic E-state index is 0.765. The smallest absolute Gasteiger partial charge is 0.00611 e. The molecular formula is C34H30. The van der Waals surface area contributed by atoms with E-state index in [4.69, 9.17) is 0 Å². The minimum Gasteiger partial charge on any atom is -0.103 e. The van der Waals surface area contributed by atoms with Crippen LogP contribution in [0.5, 0.6) is 0 Å². The van der Waals surface area contributed by atoms with Gasteiger partial charge in [0.1, 0.15) is 0 Å². The molecule has 0 heterocycles. The predicted molar refractivity (Wildman–Crippen MR) is 149 cm³/mol. The highest BCUT2D eigenvalue weighted by atomic mass is 14.2. The molecule has 0 nitrogen and oxygen atoms in total. The fourth-order valence-electron chi connectivity index (χ4n) is 4.44. The maximum Gasteiger partial charge on any atom is -0.00611 e. The average molecular weight is 439 g/mol. The van der Waals surface area contributed by atoms with Crippen molar-refractivity contribution in [3.63, 3.8) is 0 Å². The van der Waals surface area contributed by atoms with E-state index in [0.29, 0.717) is 0 Å². The summed E-state index contributed by atoms with van der Waals surface area (Å²) in [6.45, 7) is 8.21. The van der Waals surface area contributed by atoms with Gasteiger partial charge in [0.25, 0.3) is 0 Å². The quantitative estimate of drug-likeness (QED) is 0.139. The van der Waals surface area contributed by atoms with Crippen LogP contribution in [0.15, 0.2) is 147 Å². The Bertz CT molecular complexity index is 1170. The van der Waals surface area contributed by atoms with Crippen molar-refractivity contribution in [2.75, 3.05) is 0 Å². The monoisotopic (exact) mass is 438 g/mol. The van der Waals surface area contributed by atoms with Gasteiger partial charge in [-0.1, -0.05) is 133 Å². The molecule has 4 aromatic rings. The second kappa shape index (κ2) is 11.6. The Labute approximate surface area is 203 Å². The maximum atomic E-state index is 4.11. The van der Waals surface area contributed by atoms with Gasteiger partial charge in [-0.3, -0.25) is 0 Å². The maximum absolute atomic E-state index is 4.11. The number of allylic oxidation sites excluding steroid dienone is 6. The Morgan fingerprint density at radius 2 is 0.676 bits per heavy atom. The van der Waals surface area contributed by atoms with Crippen molar-refractivity contribution in [3.05, 3.63) is 169 Å². The van der Waals surface area contributed by atoms with Gasteiger partial charge >= 0.3 is 0 Å². The summed E-state index contributed by atoms with van der Waals surface area (Å²) >= 11 is 0. The van der Waals surface area contributed by atoms with Crippen LogP contribution in [0.2, 0.25) is 0 Å². The summed E-state index contributed by atoms with van der Waals surface area (Å²) in [5.41, 5.74) is 9.80. The van der Waals surface area contributed by atoms with Gasteiger partial charge in [-0.2, -0.15) is 0 Å². The SMILES string of the molecule is C=CC/C(=C(\C(=C(/CC=C)c1ccccc1)c1ccccc1)c1ccccc1)c1ccccc1. The average Bonchev–Trinajstić information content (AvgIpc) is 2.92. The van der Waals surface area contributed by atoms with Crippen LogP contribution in [-0.2, 0) is 0 Å². The fourth-order valence-corrected chi connectivity index (χ4v) is 4.44. The van der Waals surface area contributed by atoms with Crippen molar-refractivity contribution in [2.45, 2.75) is 12.8 Å². The van der Waals surface area contributed by atoms with Gasteiger partial charge in [0.2, 0.25) is 0 Å². The molecule has 0 fully saturated rings. The van der Waals surface area contributed by atoms with E-state index >= 15 is 0 Å². The zero-order valence-electron chi connectivity index (χ0n) is 19.5. The van der Waals surface area contributed by atoms with Gasteiger partial charge in [0.05, 0.1) is 0 Å². The second-order valence-corrected chi connectivity index (χ2v) is 8.16. The molecule has 0 aromatic heterocycles. The normalized spacial score (nSPS) is 12.4. The van der Waals surface area contributed by atoms with Crippen LogP contribution in [0, 0.1) is 0 Å². The van der Waals surface area contributed by atoms with Gasteiger partial charge in [-0.25, -0.2) is 0 Å². The molecule has 0 heteroatoms. The summed E-state index contributed by atoms with van der Waals surface area (Å²) in [4.78, 5) is 0. The lowest BCUT2D eigenvalue weighted by atomic mass is 9.80. The first kappa shape index (κ1) is 23.0. The van der Waals surface area contributed by atoms with Gasteiger partial charge < -0.3 is 0 Å². The molecule has 0 spiro atoms. The highest BCUT2D eigenvalue weighted by Crippen LogP contribution is 2.44. The zero-order chi connectivity index (χ0) is 23.6. The Morgan fingerprint density at radius 1 is 0.412 bits per heavy atom. The van der Waals surface area contributed by atoms with Crippen LogP contribution < -0.4 is 0 Å². The number of hydrogen-bond acceptors (Lipinski definition) is 0. The van der Waals surface area contributed by atoms with Crippen LogP contribution in [0.4, 0.5) is 0 Å². The first-order chi connectivity index (χ1) is 16.8. The predicted octanol–water partition coefficient (Wildman–Crippen LogP) is 9.36. The third-order valence-electron chi connectivity index (χ3n) is 5.92. The Kier molecular flexibility index (Phi) is 7.87. The van der Waals surface area contributed by atoms with Crippen molar-refractivity contribution in [3.8, 4) is 0 Å². The van der Waals surface area contributed by atoms with Crippen molar-refractivity contribution in [2.24, 2.45) is 0 Å². The lowest BCUT2D eigenvalue weighted by molar-refractivity contribution is 1.38. The van der Waals surface area contributed by atoms with Crippen LogP contribution in [-0.4, -0.2) is 0 Å². The molecule has 0 bridgehead atoms. The molecule has 0 saturated carbocycles. The standard InChI is InChI=1S/C34H30/c1-3-17-31(27-19-9-5-10-20-27)33(29-23-13-7-14-24-29)34(30-25-15-8-16-26-30)32(18-4-2)28-21-11-6-12-22-28/h3-16,19-26H,1-2,17-18H2/b33-31+,34-32+. The van der Waals surface area contributed by atoms with Gasteiger partial charge in [-0.05, 0) is 57.4 Å². The van der Waals surface area contributed by atoms with E-state index in [9.17, 15) is 0 Å². The van der Waals surface area contributed by atoms with E-state index in [0.717, 1.165) is 12.8 Å². The topological polar surface area (TPSA) is 0 Å². The van der Waals surface area contributed by atoms with E-state index < -0.39 is 0 Å². The van der Waals surface area contributed by atoms with Gasteiger partial charge in [0, 0.05) is 0 Å². The van der Waals surface area contributed by atoms with E-state index in [1.54, 1.807) is 0 Å². The van der Waals surface area contributed by atoms with Crippen molar-refractivity contribution in [1.82, 2.24) is 0 Å². The fraction of sp³-hybridized carbons (Fsp3) is 0.0588. The molecule has 0 aliphatic carbocycles. The molecule has 0 aliphatic rings. The lowest BCUT2D eigenvalue weighted by Crippen LogP contribution is -2.00. The molecule has 0 N–H and O–H groups in total. The van der Waals surface area contributed by atoms with Crippen molar-refractivity contribution < 1.29 is 0 Å². The van der Waals surface area contributed by atoms with Crippen molar-refractivity contribution >= 4 is 22.3 Å². The number of rotatable bonds is 9. The molecule has 4 rings (SSSR count). The Hall–Kier alpha value is -4.16. The molecule has 0 radical (unpaired) electrons. The molecule has 0 saturated heterocycles. The Morgan fingerprint density at radius 3 is 0.941 bits per heavy atom. The number of hydrogen-bond donors (Lipinski definition) is 0. The van der Waals surface area contributed by atoms with Crippen molar-refractivity contribution in [1.29, 1.82) is 0 Å². The summed E-state index contributed by atoms with van der Waals surface area (Å²) in [6.07, 6.45) is 5.54. The third kappa shape index (κ3) is 5.24. The summed E-state index contributed by atoms with van der Waals surface area (Å²) in [6, 6.07) is 42.8. The summed E-state index contributed by atoms with van der Waals surface area (Å²) in [5.74, 6) is 0. The summed E-state index contributed by atoms with van der Waals surface area (Å²) in [7, 11) is 0. The molecule has 0 atom stereocenters. The van der Waals surface area contributed by atoms with Crippen LogP contribution in [0.25, 0.3) is 22.3 Å². The molecule has 166 valence electrons. The first-order valence-electron chi connectivity index (χ1n) is 11.7. The van der Waals surface area contributed by atoms with Crippen LogP contribution in [0.1, 0.15) is 35.1 Å². The van der Waals surface area contributed by atoms with Crippen LogP contribution in [0.3, 0.4) is 0 Å². The largest absolute Gasteiger partial charge is 0.103 e. The Balaban J connectivity index is 2.18. The molecular weight excluding hydrogens is 408 g/mol. The third-order valence-corrected chi connectivity index (χ3v) is 5.92. The molecule has 4 aromatic carbocycles. The van der Waals surface area contributed by atoms with E-state index in [1.807, 2.05) is 12.2 Å². The molecule has 0 amide bonds. The molecule has 0 aliphatic heterocycles. The summed E-state index contributed by atoms with van der Waals surface area (Å²) < 4.78 is 0. The summed E-state index contributed by atoms with van der Waals surface area (Å²) in [5, 5.41) is 0. The first-order valence-corrected chi connectivity index (χ1v) is 11.7.